The van der Waals surface area contributed by atoms with E-state index in [-0.39, 0.29) is 6.10 Å². The normalized spacial score (nSPS) is 12.8. The largest absolute Gasteiger partial charge is 0.473 e. The van der Waals surface area contributed by atoms with Gasteiger partial charge >= 0.3 is 0 Å². The van der Waals surface area contributed by atoms with Crippen LogP contribution in [0.4, 0.5) is 0 Å². The fourth-order valence-electron chi connectivity index (χ4n) is 2.44. The lowest BCUT2D eigenvalue weighted by Crippen LogP contribution is -2.19. The summed E-state index contributed by atoms with van der Waals surface area (Å²) >= 11 is 0. The van der Waals surface area contributed by atoms with Crippen molar-refractivity contribution in [3.63, 3.8) is 0 Å². The van der Waals surface area contributed by atoms with Crippen LogP contribution in [-0.4, -0.2) is 16.3 Å². The number of hydrogen-bond donors (Lipinski definition) is 1. The second kappa shape index (κ2) is 7.43. The highest BCUT2D eigenvalue weighted by Crippen LogP contribution is 2.24. The summed E-state index contributed by atoms with van der Waals surface area (Å²) in [5.74, 6) is 1.22. The summed E-state index contributed by atoms with van der Waals surface area (Å²) in [7, 11) is 0. The van der Waals surface area contributed by atoms with Gasteiger partial charge in [0.25, 0.3) is 0 Å². The van der Waals surface area contributed by atoms with Crippen molar-refractivity contribution in [3.05, 3.63) is 16.8 Å². The summed E-state index contributed by atoms with van der Waals surface area (Å²) in [5.41, 5.74) is 9.13. The van der Waals surface area contributed by atoms with Gasteiger partial charge in [-0.05, 0) is 37.7 Å². The van der Waals surface area contributed by atoms with Crippen molar-refractivity contribution in [1.29, 1.82) is 0 Å². The Morgan fingerprint density at radius 3 is 2.21 bits per heavy atom. The molecule has 4 nitrogen and oxygen atoms in total. The summed E-state index contributed by atoms with van der Waals surface area (Å²) in [5, 5.41) is 8.50. The molecule has 1 unspecified atom stereocenters. The molecule has 2 N–H and O–H groups in total. The molecule has 0 fully saturated rings. The second-order valence-electron chi connectivity index (χ2n) is 5.38. The molecule has 108 valence electrons. The van der Waals surface area contributed by atoms with Crippen molar-refractivity contribution in [1.82, 2.24) is 10.2 Å². The smallest absolute Gasteiger partial charge is 0.238 e. The van der Waals surface area contributed by atoms with E-state index < -0.39 is 0 Å². The van der Waals surface area contributed by atoms with E-state index in [9.17, 15) is 0 Å². The van der Waals surface area contributed by atoms with E-state index in [1.165, 1.54) is 5.56 Å². The van der Waals surface area contributed by atoms with E-state index in [2.05, 4.69) is 44.8 Å². The minimum Gasteiger partial charge on any atom is -0.473 e. The lowest BCUT2D eigenvalue weighted by Gasteiger charge is -2.19. The number of nitrogens with zero attached hydrogens (tertiary/aromatic N) is 2. The Labute approximate surface area is 116 Å². The van der Waals surface area contributed by atoms with Crippen LogP contribution in [0.3, 0.4) is 0 Å². The molecule has 1 aromatic heterocycles. The van der Waals surface area contributed by atoms with Crippen molar-refractivity contribution in [3.8, 4) is 5.88 Å². The Bertz CT molecular complexity index is 405. The molecular formula is C15H27N3O. The molecule has 0 aliphatic carbocycles. The van der Waals surface area contributed by atoms with Crippen LogP contribution < -0.4 is 10.5 Å². The Morgan fingerprint density at radius 2 is 1.74 bits per heavy atom. The molecule has 1 heterocycles. The predicted octanol–water partition coefficient (Wildman–Crippen LogP) is 2.87. The van der Waals surface area contributed by atoms with Gasteiger partial charge in [-0.2, -0.15) is 5.10 Å². The molecule has 1 aromatic rings. The molecular weight excluding hydrogens is 238 g/mol. The van der Waals surface area contributed by atoms with Crippen molar-refractivity contribution >= 4 is 0 Å². The molecule has 1 atom stereocenters. The molecule has 0 saturated carbocycles. The van der Waals surface area contributed by atoms with Gasteiger partial charge in [0.05, 0.1) is 11.8 Å². The molecule has 19 heavy (non-hydrogen) atoms. The maximum absolute atomic E-state index is 5.94. The number of aryl methyl sites for hydroxylation is 1. The van der Waals surface area contributed by atoms with E-state index in [4.69, 9.17) is 10.5 Å². The summed E-state index contributed by atoms with van der Waals surface area (Å²) in [6.07, 6.45) is 2.94. The van der Waals surface area contributed by atoms with E-state index in [0.29, 0.717) is 18.3 Å². The number of hydrogen-bond acceptors (Lipinski definition) is 4. The Hall–Kier alpha value is -1.16. The minimum atomic E-state index is 0.136. The minimum absolute atomic E-state index is 0.136. The molecule has 0 aliphatic rings. The topological polar surface area (TPSA) is 61.0 Å². The first-order valence-corrected chi connectivity index (χ1v) is 7.27. The van der Waals surface area contributed by atoms with E-state index in [1.54, 1.807) is 0 Å². The third kappa shape index (κ3) is 4.16. The average molecular weight is 265 g/mol. The lowest BCUT2D eigenvalue weighted by molar-refractivity contribution is 0.181. The molecule has 1 rings (SSSR count). The Kier molecular flexibility index (Phi) is 6.22. The summed E-state index contributed by atoms with van der Waals surface area (Å²) < 4.78 is 5.94. The lowest BCUT2D eigenvalue weighted by atomic mass is 10.0. The number of rotatable bonds is 7. The van der Waals surface area contributed by atoms with Crippen LogP contribution >= 0.6 is 0 Å². The monoisotopic (exact) mass is 265 g/mol. The van der Waals surface area contributed by atoms with Gasteiger partial charge in [-0.3, -0.25) is 0 Å². The number of ether oxygens (including phenoxy) is 1. The Morgan fingerprint density at radius 1 is 1.05 bits per heavy atom. The maximum Gasteiger partial charge on any atom is 0.238 e. The number of nitrogens with two attached hydrogens (primary N) is 1. The molecule has 0 spiro atoms. The van der Waals surface area contributed by atoms with Gasteiger partial charge in [-0.25, -0.2) is 0 Å². The van der Waals surface area contributed by atoms with Gasteiger partial charge < -0.3 is 10.5 Å². The SMILES string of the molecule is CCc1nnc(OC(C)CC(C)C)c(CN)c1CC. The zero-order valence-electron chi connectivity index (χ0n) is 12.9. The van der Waals surface area contributed by atoms with Gasteiger partial charge in [-0.15, -0.1) is 5.10 Å². The van der Waals surface area contributed by atoms with Crippen molar-refractivity contribution in [2.75, 3.05) is 0 Å². The standard InChI is InChI=1S/C15H27N3O/c1-6-12-13(9-16)15(18-17-14(12)7-2)19-11(5)8-10(3)4/h10-11H,6-9,16H2,1-5H3. The third-order valence-corrected chi connectivity index (χ3v) is 3.24. The molecule has 0 aliphatic heterocycles. The predicted molar refractivity (Wildman–Crippen MR) is 78.2 cm³/mol. The van der Waals surface area contributed by atoms with Crippen molar-refractivity contribution < 1.29 is 4.74 Å². The number of aromatic nitrogens is 2. The first-order valence-electron chi connectivity index (χ1n) is 7.27. The van der Waals surface area contributed by atoms with Gasteiger partial charge in [-0.1, -0.05) is 27.7 Å². The zero-order valence-corrected chi connectivity index (χ0v) is 12.9. The van der Waals surface area contributed by atoms with Gasteiger partial charge in [0.2, 0.25) is 5.88 Å². The fourth-order valence-corrected chi connectivity index (χ4v) is 2.44. The summed E-state index contributed by atoms with van der Waals surface area (Å²) in [6, 6.07) is 0. The first kappa shape index (κ1) is 15.9. The average Bonchev–Trinajstić information content (AvgIpc) is 2.36. The molecule has 4 heteroatoms. The first-order chi connectivity index (χ1) is 9.03. The van der Waals surface area contributed by atoms with Crippen LogP contribution in [-0.2, 0) is 19.4 Å². The van der Waals surface area contributed by atoms with Crippen LogP contribution in [0.2, 0.25) is 0 Å². The van der Waals surface area contributed by atoms with Crippen LogP contribution in [0.1, 0.15) is 57.9 Å². The van der Waals surface area contributed by atoms with Crippen LogP contribution in [0, 0.1) is 5.92 Å². The Balaban J connectivity index is 3.01. The zero-order chi connectivity index (χ0) is 14.4. The third-order valence-electron chi connectivity index (χ3n) is 3.24. The van der Waals surface area contributed by atoms with Crippen LogP contribution in [0.5, 0.6) is 5.88 Å². The quantitative estimate of drug-likeness (QED) is 0.823. The van der Waals surface area contributed by atoms with E-state index in [0.717, 1.165) is 30.5 Å². The van der Waals surface area contributed by atoms with Crippen molar-refractivity contribution in [2.45, 2.75) is 66.5 Å². The van der Waals surface area contributed by atoms with Crippen LogP contribution in [0.15, 0.2) is 0 Å². The van der Waals surface area contributed by atoms with E-state index >= 15 is 0 Å². The summed E-state index contributed by atoms with van der Waals surface area (Å²) in [4.78, 5) is 0. The molecule has 0 bridgehead atoms. The van der Waals surface area contributed by atoms with Gasteiger partial charge in [0.15, 0.2) is 0 Å². The van der Waals surface area contributed by atoms with Crippen molar-refractivity contribution in [2.24, 2.45) is 11.7 Å². The molecule has 0 saturated heterocycles. The molecule has 0 aromatic carbocycles. The summed E-state index contributed by atoms with van der Waals surface area (Å²) in [6.45, 7) is 11.1. The highest BCUT2D eigenvalue weighted by Gasteiger charge is 2.16. The highest BCUT2D eigenvalue weighted by atomic mass is 16.5. The van der Waals surface area contributed by atoms with E-state index in [1.807, 2.05) is 0 Å². The molecule has 0 amide bonds. The highest BCUT2D eigenvalue weighted by molar-refractivity contribution is 5.37. The van der Waals surface area contributed by atoms with Crippen LogP contribution in [0.25, 0.3) is 0 Å². The fraction of sp³-hybridized carbons (Fsp3) is 0.733. The second-order valence-corrected chi connectivity index (χ2v) is 5.38. The molecule has 0 radical (unpaired) electrons. The maximum atomic E-state index is 5.94. The van der Waals surface area contributed by atoms with Gasteiger partial charge in [0.1, 0.15) is 0 Å². The van der Waals surface area contributed by atoms with Gasteiger partial charge in [0, 0.05) is 12.1 Å².